The SMILES string of the molecule is C=Cc1cccc(C(C)C)c1OCC. The van der Waals surface area contributed by atoms with Crippen LogP contribution in [0.4, 0.5) is 0 Å². The molecule has 0 aliphatic carbocycles. The number of hydrogen-bond donors (Lipinski definition) is 0. The first kappa shape index (κ1) is 10.8. The molecule has 1 aromatic rings. The molecular weight excluding hydrogens is 172 g/mol. The van der Waals surface area contributed by atoms with Crippen LogP contribution in [0.5, 0.6) is 5.75 Å². The van der Waals surface area contributed by atoms with Crippen molar-refractivity contribution >= 4 is 6.08 Å². The number of benzene rings is 1. The molecule has 0 amide bonds. The monoisotopic (exact) mass is 190 g/mol. The standard InChI is InChI=1S/C13H18O/c1-5-11-8-7-9-12(10(3)4)13(11)14-6-2/h5,7-10H,1,6H2,2-4H3. The Morgan fingerprint density at radius 2 is 2.14 bits per heavy atom. The molecule has 76 valence electrons. The van der Waals surface area contributed by atoms with E-state index in [2.05, 4.69) is 32.6 Å². The highest BCUT2D eigenvalue weighted by Crippen LogP contribution is 2.30. The second-order valence-electron chi connectivity index (χ2n) is 3.56. The number of para-hydroxylation sites is 1. The van der Waals surface area contributed by atoms with Gasteiger partial charge in [-0.15, -0.1) is 0 Å². The highest BCUT2D eigenvalue weighted by atomic mass is 16.5. The molecule has 1 nitrogen and oxygen atoms in total. The van der Waals surface area contributed by atoms with Crippen LogP contribution in [0.15, 0.2) is 24.8 Å². The lowest BCUT2D eigenvalue weighted by Gasteiger charge is -2.15. The molecule has 0 fully saturated rings. The smallest absolute Gasteiger partial charge is 0.129 e. The molecule has 0 aliphatic heterocycles. The molecule has 14 heavy (non-hydrogen) atoms. The first-order valence-corrected chi connectivity index (χ1v) is 5.08. The van der Waals surface area contributed by atoms with Crippen LogP contribution in [0, 0.1) is 0 Å². The fourth-order valence-corrected chi connectivity index (χ4v) is 1.50. The molecule has 0 radical (unpaired) electrons. The summed E-state index contributed by atoms with van der Waals surface area (Å²) in [5.74, 6) is 1.47. The van der Waals surface area contributed by atoms with Gasteiger partial charge in [-0.3, -0.25) is 0 Å². The zero-order valence-corrected chi connectivity index (χ0v) is 9.21. The molecule has 1 rings (SSSR count). The average Bonchev–Trinajstić information content (AvgIpc) is 2.18. The minimum absolute atomic E-state index is 0.483. The van der Waals surface area contributed by atoms with Crippen LogP contribution in [-0.2, 0) is 0 Å². The van der Waals surface area contributed by atoms with Crippen molar-refractivity contribution in [3.8, 4) is 5.75 Å². The van der Waals surface area contributed by atoms with Crippen LogP contribution in [0.3, 0.4) is 0 Å². The molecule has 1 heteroatoms. The maximum atomic E-state index is 5.65. The Balaban J connectivity index is 3.20. The Labute approximate surface area is 86.4 Å². The summed E-state index contributed by atoms with van der Waals surface area (Å²) >= 11 is 0. The van der Waals surface area contributed by atoms with E-state index in [-0.39, 0.29) is 0 Å². The maximum Gasteiger partial charge on any atom is 0.129 e. The summed E-state index contributed by atoms with van der Waals surface area (Å²) in [5.41, 5.74) is 2.34. The van der Waals surface area contributed by atoms with Gasteiger partial charge in [-0.2, -0.15) is 0 Å². The molecule has 0 aromatic heterocycles. The normalized spacial score (nSPS) is 10.3. The van der Waals surface area contributed by atoms with E-state index >= 15 is 0 Å². The fourth-order valence-electron chi connectivity index (χ4n) is 1.50. The summed E-state index contributed by atoms with van der Waals surface area (Å²) in [5, 5.41) is 0. The summed E-state index contributed by atoms with van der Waals surface area (Å²) in [6.45, 7) is 10.8. The van der Waals surface area contributed by atoms with Gasteiger partial charge in [0.1, 0.15) is 5.75 Å². The van der Waals surface area contributed by atoms with Gasteiger partial charge in [-0.25, -0.2) is 0 Å². The van der Waals surface area contributed by atoms with Crippen molar-refractivity contribution in [2.24, 2.45) is 0 Å². The third-order valence-electron chi connectivity index (χ3n) is 2.21. The van der Waals surface area contributed by atoms with Gasteiger partial charge in [0.15, 0.2) is 0 Å². The summed E-state index contributed by atoms with van der Waals surface area (Å²) < 4.78 is 5.65. The lowest BCUT2D eigenvalue weighted by atomic mass is 9.99. The average molecular weight is 190 g/mol. The van der Waals surface area contributed by atoms with E-state index in [0.717, 1.165) is 11.3 Å². The molecule has 0 spiro atoms. The summed E-state index contributed by atoms with van der Waals surface area (Å²) in [4.78, 5) is 0. The molecule has 0 saturated heterocycles. The van der Waals surface area contributed by atoms with Crippen LogP contribution in [0.25, 0.3) is 6.08 Å². The van der Waals surface area contributed by atoms with E-state index in [0.29, 0.717) is 12.5 Å². The van der Waals surface area contributed by atoms with Gasteiger partial charge in [0.2, 0.25) is 0 Å². The van der Waals surface area contributed by atoms with Crippen LogP contribution in [-0.4, -0.2) is 6.61 Å². The third kappa shape index (κ3) is 2.16. The van der Waals surface area contributed by atoms with Crippen LogP contribution < -0.4 is 4.74 Å². The van der Waals surface area contributed by atoms with Crippen LogP contribution in [0.2, 0.25) is 0 Å². The van der Waals surface area contributed by atoms with E-state index in [1.165, 1.54) is 5.56 Å². The van der Waals surface area contributed by atoms with E-state index in [4.69, 9.17) is 4.74 Å². The van der Waals surface area contributed by atoms with Crippen LogP contribution in [0.1, 0.15) is 37.8 Å². The highest BCUT2D eigenvalue weighted by molar-refractivity contribution is 5.59. The summed E-state index contributed by atoms with van der Waals surface area (Å²) in [7, 11) is 0. The van der Waals surface area contributed by atoms with Crippen molar-refractivity contribution in [2.75, 3.05) is 6.61 Å². The van der Waals surface area contributed by atoms with Gasteiger partial charge in [-0.1, -0.05) is 44.7 Å². The van der Waals surface area contributed by atoms with E-state index in [1.54, 1.807) is 0 Å². The van der Waals surface area contributed by atoms with Crippen molar-refractivity contribution in [2.45, 2.75) is 26.7 Å². The minimum Gasteiger partial charge on any atom is -0.493 e. The van der Waals surface area contributed by atoms with Crippen molar-refractivity contribution in [3.63, 3.8) is 0 Å². The van der Waals surface area contributed by atoms with E-state index < -0.39 is 0 Å². The second-order valence-corrected chi connectivity index (χ2v) is 3.56. The van der Waals surface area contributed by atoms with Gasteiger partial charge in [0, 0.05) is 5.56 Å². The number of rotatable bonds is 4. The Bertz CT molecular complexity index is 313. The van der Waals surface area contributed by atoms with E-state index in [9.17, 15) is 0 Å². The van der Waals surface area contributed by atoms with Gasteiger partial charge in [0.25, 0.3) is 0 Å². The van der Waals surface area contributed by atoms with Gasteiger partial charge in [0.05, 0.1) is 6.61 Å². The largest absolute Gasteiger partial charge is 0.493 e. The second kappa shape index (κ2) is 4.85. The van der Waals surface area contributed by atoms with Crippen molar-refractivity contribution in [3.05, 3.63) is 35.9 Å². The molecule has 0 atom stereocenters. The zero-order chi connectivity index (χ0) is 10.6. The van der Waals surface area contributed by atoms with Crippen molar-refractivity contribution in [1.82, 2.24) is 0 Å². The van der Waals surface area contributed by atoms with Crippen molar-refractivity contribution < 1.29 is 4.74 Å². The van der Waals surface area contributed by atoms with E-state index in [1.807, 2.05) is 19.1 Å². The molecule has 0 heterocycles. The number of ether oxygens (including phenoxy) is 1. The first-order valence-electron chi connectivity index (χ1n) is 5.08. The topological polar surface area (TPSA) is 9.23 Å². The predicted octanol–water partition coefficient (Wildman–Crippen LogP) is 3.85. The molecular formula is C13H18O. The Kier molecular flexibility index (Phi) is 3.75. The Morgan fingerprint density at radius 1 is 1.43 bits per heavy atom. The zero-order valence-electron chi connectivity index (χ0n) is 9.21. The number of hydrogen-bond acceptors (Lipinski definition) is 1. The minimum atomic E-state index is 0.483. The van der Waals surface area contributed by atoms with Crippen LogP contribution >= 0.6 is 0 Å². The lowest BCUT2D eigenvalue weighted by molar-refractivity contribution is 0.334. The lowest BCUT2D eigenvalue weighted by Crippen LogP contribution is -2.00. The Morgan fingerprint density at radius 3 is 2.64 bits per heavy atom. The molecule has 1 aromatic carbocycles. The Hall–Kier alpha value is -1.24. The maximum absolute atomic E-state index is 5.65. The third-order valence-corrected chi connectivity index (χ3v) is 2.21. The quantitative estimate of drug-likeness (QED) is 0.700. The summed E-state index contributed by atoms with van der Waals surface area (Å²) in [6.07, 6.45) is 1.84. The molecule has 0 unspecified atom stereocenters. The predicted molar refractivity (Wildman–Crippen MR) is 61.8 cm³/mol. The highest BCUT2D eigenvalue weighted by Gasteiger charge is 2.09. The van der Waals surface area contributed by atoms with Crippen molar-refractivity contribution in [1.29, 1.82) is 0 Å². The van der Waals surface area contributed by atoms with Gasteiger partial charge in [-0.05, 0) is 18.4 Å². The fraction of sp³-hybridized carbons (Fsp3) is 0.385. The van der Waals surface area contributed by atoms with Gasteiger partial charge >= 0.3 is 0 Å². The summed E-state index contributed by atoms with van der Waals surface area (Å²) in [6, 6.07) is 6.20. The molecule has 0 saturated carbocycles. The molecule has 0 bridgehead atoms. The first-order chi connectivity index (χ1) is 6.70. The van der Waals surface area contributed by atoms with Gasteiger partial charge < -0.3 is 4.74 Å². The molecule has 0 aliphatic rings. The molecule has 0 N–H and O–H groups in total.